The molecule has 2 aromatic carbocycles. The molecule has 5 nitrogen and oxygen atoms in total. The molecule has 3 fully saturated rings. The number of piperazine rings is 1. The van der Waals surface area contributed by atoms with E-state index in [-0.39, 0.29) is 11.7 Å². The van der Waals surface area contributed by atoms with Crippen LogP contribution in [0.1, 0.15) is 60.0 Å². The number of anilines is 2. The van der Waals surface area contributed by atoms with Gasteiger partial charge in [-0.15, -0.1) is 0 Å². The minimum atomic E-state index is -0.312. The van der Waals surface area contributed by atoms with Crippen LogP contribution >= 0.6 is 0 Å². The lowest BCUT2D eigenvalue weighted by molar-refractivity contribution is 0.102. The standard InChI is InChI=1S/C30H39FN4O/c1-21-25(17-26(31)19-28(21)32-30(36)24-9-6-10-27(18-24)33(2)3)20-34-13-15-35(16-14-34)29(23-11-12-23)22-7-4-5-8-22/h6,9-10,17-19,22H,4-5,7-8,11-16,20H2,1-3H3,(H,32,36). The molecule has 2 aliphatic carbocycles. The minimum absolute atomic E-state index is 0.223. The molecule has 1 saturated heterocycles. The zero-order valence-corrected chi connectivity index (χ0v) is 21.9. The average molecular weight is 491 g/mol. The van der Waals surface area contributed by atoms with Gasteiger partial charge in [-0.25, -0.2) is 4.39 Å². The summed E-state index contributed by atoms with van der Waals surface area (Å²) < 4.78 is 14.6. The van der Waals surface area contributed by atoms with E-state index < -0.39 is 0 Å². The van der Waals surface area contributed by atoms with Crippen LogP contribution < -0.4 is 10.2 Å². The molecule has 1 aliphatic heterocycles. The third-order valence-electron chi connectivity index (χ3n) is 8.06. The number of rotatable bonds is 7. The predicted octanol–water partition coefficient (Wildman–Crippen LogP) is 5.81. The number of hydrogen-bond acceptors (Lipinski definition) is 4. The lowest BCUT2D eigenvalue weighted by Crippen LogP contribution is -2.46. The molecule has 5 rings (SSSR count). The van der Waals surface area contributed by atoms with Crippen molar-refractivity contribution in [1.29, 1.82) is 0 Å². The number of carbonyl (C=O) groups is 1. The van der Waals surface area contributed by atoms with Gasteiger partial charge in [-0.3, -0.25) is 9.69 Å². The number of benzene rings is 2. The molecular formula is C30H39FN4O. The van der Waals surface area contributed by atoms with Crippen LogP contribution in [-0.4, -0.2) is 56.0 Å². The molecule has 0 spiro atoms. The van der Waals surface area contributed by atoms with Gasteiger partial charge < -0.3 is 15.1 Å². The molecule has 36 heavy (non-hydrogen) atoms. The van der Waals surface area contributed by atoms with Gasteiger partial charge in [-0.2, -0.15) is 0 Å². The zero-order chi connectivity index (χ0) is 25.2. The molecule has 2 saturated carbocycles. The summed E-state index contributed by atoms with van der Waals surface area (Å²) in [4.78, 5) is 20.0. The summed E-state index contributed by atoms with van der Waals surface area (Å²) in [6, 6.07) is 10.5. The molecular weight excluding hydrogens is 451 g/mol. The van der Waals surface area contributed by atoms with E-state index in [0.29, 0.717) is 17.8 Å². The molecule has 0 aromatic heterocycles. The Morgan fingerprint density at radius 1 is 1.06 bits per heavy atom. The van der Waals surface area contributed by atoms with E-state index in [4.69, 9.17) is 0 Å². The Morgan fingerprint density at radius 3 is 2.44 bits per heavy atom. The van der Waals surface area contributed by atoms with E-state index in [1.165, 1.54) is 44.6 Å². The van der Waals surface area contributed by atoms with Crippen molar-refractivity contribution in [3.05, 3.63) is 70.2 Å². The van der Waals surface area contributed by atoms with Crippen molar-refractivity contribution in [1.82, 2.24) is 9.80 Å². The van der Waals surface area contributed by atoms with Crippen LogP contribution in [0.15, 0.2) is 47.7 Å². The van der Waals surface area contributed by atoms with E-state index in [9.17, 15) is 9.18 Å². The summed E-state index contributed by atoms with van der Waals surface area (Å²) in [5, 5.41) is 2.95. The van der Waals surface area contributed by atoms with Gasteiger partial charge in [0, 0.05) is 69.5 Å². The van der Waals surface area contributed by atoms with E-state index in [2.05, 4.69) is 15.1 Å². The highest BCUT2D eigenvalue weighted by Crippen LogP contribution is 2.42. The van der Waals surface area contributed by atoms with Crippen LogP contribution in [0.25, 0.3) is 0 Å². The number of amides is 1. The summed E-state index contributed by atoms with van der Waals surface area (Å²) >= 11 is 0. The lowest BCUT2D eigenvalue weighted by atomic mass is 10.0. The van der Waals surface area contributed by atoms with Crippen molar-refractivity contribution >= 4 is 17.3 Å². The van der Waals surface area contributed by atoms with Crippen molar-refractivity contribution in [3.8, 4) is 0 Å². The first-order valence-electron chi connectivity index (χ1n) is 13.5. The van der Waals surface area contributed by atoms with Gasteiger partial charge in [0.25, 0.3) is 5.91 Å². The topological polar surface area (TPSA) is 38.8 Å². The number of nitrogens with zero attached hydrogens (tertiary/aromatic N) is 3. The molecule has 0 radical (unpaired) electrons. The van der Waals surface area contributed by atoms with Gasteiger partial charge in [0.15, 0.2) is 0 Å². The molecule has 192 valence electrons. The molecule has 6 heteroatoms. The Kier molecular flexibility index (Phi) is 7.33. The Bertz CT molecular complexity index is 1140. The third kappa shape index (κ3) is 5.59. The van der Waals surface area contributed by atoms with Gasteiger partial charge in [0.2, 0.25) is 0 Å². The number of carbonyl (C=O) groups excluding carboxylic acids is 1. The molecule has 2 aromatic rings. The second kappa shape index (κ2) is 10.6. The molecule has 1 amide bonds. The van der Waals surface area contributed by atoms with Crippen molar-refractivity contribution in [2.75, 3.05) is 50.5 Å². The zero-order valence-electron chi connectivity index (χ0n) is 21.9. The molecule has 1 N–H and O–H groups in total. The summed E-state index contributed by atoms with van der Waals surface area (Å²) in [5.74, 6) is 0.247. The second-order valence-electron chi connectivity index (χ2n) is 10.9. The largest absolute Gasteiger partial charge is 0.378 e. The Hall–Kier alpha value is -2.86. The highest BCUT2D eigenvalue weighted by Gasteiger charge is 2.32. The number of allylic oxidation sites excluding steroid dienone is 2. The Labute approximate surface area is 215 Å². The number of halogens is 1. The highest BCUT2D eigenvalue weighted by molar-refractivity contribution is 6.05. The maximum absolute atomic E-state index is 14.6. The van der Waals surface area contributed by atoms with Gasteiger partial charge in [0.05, 0.1) is 0 Å². The molecule has 3 aliphatic rings. The number of hydrogen-bond donors (Lipinski definition) is 1. The second-order valence-corrected chi connectivity index (χ2v) is 10.9. The van der Waals surface area contributed by atoms with Crippen LogP contribution in [0.3, 0.4) is 0 Å². The highest BCUT2D eigenvalue weighted by atomic mass is 19.1. The van der Waals surface area contributed by atoms with Gasteiger partial charge in [-0.05, 0) is 80.0 Å². The van der Waals surface area contributed by atoms with Crippen LogP contribution in [0, 0.1) is 18.7 Å². The first-order valence-corrected chi connectivity index (χ1v) is 13.5. The van der Waals surface area contributed by atoms with Gasteiger partial charge >= 0.3 is 0 Å². The summed E-state index contributed by atoms with van der Waals surface area (Å²) in [5.41, 5.74) is 7.31. The third-order valence-corrected chi connectivity index (χ3v) is 8.06. The fraction of sp³-hybridized carbons (Fsp3) is 0.500. The molecule has 0 atom stereocenters. The van der Waals surface area contributed by atoms with E-state index in [1.54, 1.807) is 23.4 Å². The summed E-state index contributed by atoms with van der Waals surface area (Å²) in [6.07, 6.45) is 8.05. The Balaban J connectivity index is 1.24. The van der Waals surface area contributed by atoms with E-state index >= 15 is 0 Å². The molecule has 0 unspecified atom stereocenters. The van der Waals surface area contributed by atoms with Crippen molar-refractivity contribution in [2.24, 2.45) is 5.92 Å². The first-order chi connectivity index (χ1) is 17.4. The van der Waals surface area contributed by atoms with Crippen molar-refractivity contribution in [2.45, 2.75) is 52.0 Å². The Morgan fingerprint density at radius 2 is 1.78 bits per heavy atom. The van der Waals surface area contributed by atoms with Crippen LogP contribution in [0.4, 0.5) is 15.8 Å². The van der Waals surface area contributed by atoms with Crippen LogP contribution in [-0.2, 0) is 6.54 Å². The SMILES string of the molecule is Cc1c(CN2CCN(C(=C3CC3)C3CCCC3)CC2)cc(F)cc1NC(=O)c1cccc(N(C)C)c1. The van der Waals surface area contributed by atoms with E-state index in [1.807, 2.05) is 44.1 Å². The molecule has 0 bridgehead atoms. The molecule has 1 heterocycles. The van der Waals surface area contributed by atoms with Crippen molar-refractivity contribution in [3.63, 3.8) is 0 Å². The summed E-state index contributed by atoms with van der Waals surface area (Å²) in [6.45, 7) is 6.75. The quantitative estimate of drug-likeness (QED) is 0.532. The first kappa shape index (κ1) is 24.8. The summed E-state index contributed by atoms with van der Waals surface area (Å²) in [7, 11) is 3.89. The predicted molar refractivity (Wildman–Crippen MR) is 145 cm³/mol. The van der Waals surface area contributed by atoms with Gasteiger partial charge in [0.1, 0.15) is 5.82 Å². The minimum Gasteiger partial charge on any atom is -0.378 e. The maximum Gasteiger partial charge on any atom is 0.255 e. The lowest BCUT2D eigenvalue weighted by Gasteiger charge is -2.39. The van der Waals surface area contributed by atoms with Gasteiger partial charge in [-0.1, -0.05) is 24.5 Å². The maximum atomic E-state index is 14.6. The fourth-order valence-electron chi connectivity index (χ4n) is 5.83. The van der Waals surface area contributed by atoms with E-state index in [0.717, 1.165) is 48.9 Å². The average Bonchev–Trinajstić information content (AvgIpc) is 3.56. The van der Waals surface area contributed by atoms with Crippen molar-refractivity contribution < 1.29 is 9.18 Å². The monoisotopic (exact) mass is 490 g/mol. The normalized spacial score (nSPS) is 18.4. The van der Waals surface area contributed by atoms with Crippen LogP contribution in [0.5, 0.6) is 0 Å². The number of nitrogens with one attached hydrogen (secondary N) is 1. The fourth-order valence-corrected chi connectivity index (χ4v) is 5.83. The smallest absolute Gasteiger partial charge is 0.255 e. The van der Waals surface area contributed by atoms with Crippen LogP contribution in [0.2, 0.25) is 0 Å².